The lowest BCUT2D eigenvalue weighted by atomic mass is 10.5. The molecule has 1 aliphatic carbocycles. The highest BCUT2D eigenvalue weighted by Crippen LogP contribution is 2.30. The second kappa shape index (κ2) is 3.46. The molecule has 2 atom stereocenters. The van der Waals surface area contributed by atoms with Crippen molar-refractivity contribution in [3.8, 4) is 0 Å². The average Bonchev–Trinajstić information content (AvgIpc) is 2.81. The molecule has 1 aliphatic rings. The summed E-state index contributed by atoms with van der Waals surface area (Å²) in [5, 5.41) is 0. The van der Waals surface area contributed by atoms with Crippen molar-refractivity contribution in [2.75, 3.05) is 5.73 Å². The van der Waals surface area contributed by atoms with Crippen molar-refractivity contribution < 1.29 is 8.42 Å². The first-order chi connectivity index (χ1) is 6.99. The summed E-state index contributed by atoms with van der Waals surface area (Å²) in [4.78, 5) is 3.91. The molecule has 2 unspecified atom stereocenters. The minimum absolute atomic E-state index is 0.0764. The Kier molecular flexibility index (Phi) is 2.40. The number of anilines is 1. The van der Waals surface area contributed by atoms with Crippen LogP contribution >= 0.6 is 0 Å². The first kappa shape index (κ1) is 10.4. The lowest BCUT2D eigenvalue weighted by Gasteiger charge is -2.05. The summed E-state index contributed by atoms with van der Waals surface area (Å²) in [7, 11) is -3.41. The largest absolute Gasteiger partial charge is 0.384 e. The van der Waals surface area contributed by atoms with Gasteiger partial charge in [0.2, 0.25) is 10.0 Å². The van der Waals surface area contributed by atoms with Crippen LogP contribution in [0, 0.1) is 5.92 Å². The zero-order valence-corrected chi connectivity index (χ0v) is 9.16. The molecule has 15 heavy (non-hydrogen) atoms. The number of aromatic nitrogens is 1. The molecule has 1 aromatic rings. The molecule has 1 fully saturated rings. The number of nitrogen functional groups attached to an aromatic ring is 1. The Bertz CT molecular complexity index is 455. The summed E-state index contributed by atoms with van der Waals surface area (Å²) in [6.45, 7) is 2.01. The smallest absolute Gasteiger partial charge is 0.242 e. The van der Waals surface area contributed by atoms with E-state index in [9.17, 15) is 8.42 Å². The van der Waals surface area contributed by atoms with Gasteiger partial charge >= 0.3 is 0 Å². The van der Waals surface area contributed by atoms with Crippen LogP contribution in [0.2, 0.25) is 0 Å². The molecule has 6 heteroatoms. The Labute approximate surface area is 88.8 Å². The van der Waals surface area contributed by atoms with Crippen molar-refractivity contribution in [3.05, 3.63) is 18.3 Å². The molecule has 0 aliphatic heterocycles. The van der Waals surface area contributed by atoms with Crippen molar-refractivity contribution in [1.82, 2.24) is 9.71 Å². The lowest BCUT2D eigenvalue weighted by Crippen LogP contribution is -2.26. The molecule has 0 amide bonds. The zero-order chi connectivity index (χ0) is 11.1. The van der Waals surface area contributed by atoms with Crippen LogP contribution in [0.3, 0.4) is 0 Å². The van der Waals surface area contributed by atoms with E-state index in [1.165, 1.54) is 18.3 Å². The maximum Gasteiger partial charge on any atom is 0.242 e. The van der Waals surface area contributed by atoms with Gasteiger partial charge in [-0.1, -0.05) is 6.92 Å². The van der Waals surface area contributed by atoms with E-state index in [-0.39, 0.29) is 10.9 Å². The van der Waals surface area contributed by atoms with Crippen LogP contribution in [-0.4, -0.2) is 19.4 Å². The molecule has 3 N–H and O–H groups in total. The highest BCUT2D eigenvalue weighted by Gasteiger charge is 2.36. The highest BCUT2D eigenvalue weighted by atomic mass is 32.2. The normalized spacial score (nSPS) is 25.1. The Balaban J connectivity index is 2.18. The molecule has 0 bridgehead atoms. The molecular weight excluding hydrogens is 214 g/mol. The van der Waals surface area contributed by atoms with Gasteiger partial charge in [-0.15, -0.1) is 0 Å². The summed E-state index contributed by atoms with van der Waals surface area (Å²) in [6, 6.07) is 3.01. The molecule has 1 heterocycles. The first-order valence-corrected chi connectivity index (χ1v) is 6.21. The van der Waals surface area contributed by atoms with Gasteiger partial charge in [0.1, 0.15) is 10.7 Å². The van der Waals surface area contributed by atoms with Crippen LogP contribution in [0.5, 0.6) is 0 Å². The number of rotatable bonds is 3. The lowest BCUT2D eigenvalue weighted by molar-refractivity contribution is 0.578. The summed E-state index contributed by atoms with van der Waals surface area (Å²) >= 11 is 0. The molecular formula is C9H13N3O2S. The third-order valence-electron chi connectivity index (χ3n) is 2.49. The summed E-state index contributed by atoms with van der Waals surface area (Å²) in [5.41, 5.74) is 5.38. The maximum absolute atomic E-state index is 11.7. The van der Waals surface area contributed by atoms with Gasteiger partial charge in [-0.3, -0.25) is 0 Å². The topological polar surface area (TPSA) is 85.1 Å². The summed E-state index contributed by atoms with van der Waals surface area (Å²) < 4.78 is 26.1. The van der Waals surface area contributed by atoms with E-state index in [0.29, 0.717) is 11.7 Å². The number of nitrogens with two attached hydrogens (primary N) is 1. The van der Waals surface area contributed by atoms with Gasteiger partial charge in [-0.05, 0) is 24.5 Å². The SMILES string of the molecule is CC1CC1NS(=O)(=O)c1ccc(N)nc1. The minimum atomic E-state index is -3.41. The maximum atomic E-state index is 11.7. The number of nitrogens with one attached hydrogen (secondary N) is 1. The predicted octanol–water partition coefficient (Wildman–Crippen LogP) is 0.350. The zero-order valence-electron chi connectivity index (χ0n) is 8.34. The molecule has 1 saturated carbocycles. The fourth-order valence-electron chi connectivity index (χ4n) is 1.30. The van der Waals surface area contributed by atoms with Crippen LogP contribution in [0.15, 0.2) is 23.2 Å². The quantitative estimate of drug-likeness (QED) is 0.780. The van der Waals surface area contributed by atoms with Crippen LogP contribution in [0.25, 0.3) is 0 Å². The average molecular weight is 227 g/mol. The molecule has 82 valence electrons. The van der Waals surface area contributed by atoms with E-state index < -0.39 is 10.0 Å². The van der Waals surface area contributed by atoms with Crippen molar-refractivity contribution >= 4 is 15.8 Å². The van der Waals surface area contributed by atoms with E-state index in [2.05, 4.69) is 9.71 Å². The Hall–Kier alpha value is -1.14. The number of hydrogen-bond donors (Lipinski definition) is 2. The summed E-state index contributed by atoms with van der Waals surface area (Å²) in [5.74, 6) is 0.746. The third kappa shape index (κ3) is 2.27. The molecule has 0 saturated heterocycles. The molecule has 0 radical (unpaired) electrons. The van der Waals surface area contributed by atoms with E-state index in [1.54, 1.807) is 0 Å². The number of pyridine rings is 1. The fourth-order valence-corrected chi connectivity index (χ4v) is 2.61. The van der Waals surface area contributed by atoms with Crippen molar-refractivity contribution in [1.29, 1.82) is 0 Å². The third-order valence-corrected chi connectivity index (χ3v) is 3.96. The number of sulfonamides is 1. The second-order valence-electron chi connectivity index (χ2n) is 3.86. The van der Waals surface area contributed by atoms with Crippen LogP contribution in [-0.2, 0) is 10.0 Å². The van der Waals surface area contributed by atoms with Crippen LogP contribution < -0.4 is 10.5 Å². The van der Waals surface area contributed by atoms with E-state index >= 15 is 0 Å². The van der Waals surface area contributed by atoms with Gasteiger partial charge < -0.3 is 5.73 Å². The Morgan fingerprint density at radius 1 is 1.53 bits per heavy atom. The second-order valence-corrected chi connectivity index (χ2v) is 5.57. The van der Waals surface area contributed by atoms with Gasteiger partial charge in [0, 0.05) is 12.2 Å². The fraction of sp³-hybridized carbons (Fsp3) is 0.444. The molecule has 5 nitrogen and oxygen atoms in total. The van der Waals surface area contributed by atoms with Crippen LogP contribution in [0.1, 0.15) is 13.3 Å². The Morgan fingerprint density at radius 3 is 2.67 bits per heavy atom. The van der Waals surface area contributed by atoms with E-state index in [1.807, 2.05) is 6.92 Å². The first-order valence-electron chi connectivity index (χ1n) is 4.73. The minimum Gasteiger partial charge on any atom is -0.384 e. The highest BCUT2D eigenvalue weighted by molar-refractivity contribution is 7.89. The standard InChI is InChI=1S/C9H13N3O2S/c1-6-4-8(6)12-15(13,14)7-2-3-9(10)11-5-7/h2-3,5-6,8,12H,4H2,1H3,(H2,10,11). The molecule has 0 aromatic carbocycles. The van der Waals surface area contributed by atoms with Gasteiger partial charge in [0.15, 0.2) is 0 Å². The monoisotopic (exact) mass is 227 g/mol. The Morgan fingerprint density at radius 2 is 2.20 bits per heavy atom. The van der Waals surface area contributed by atoms with E-state index in [0.717, 1.165) is 6.42 Å². The number of hydrogen-bond acceptors (Lipinski definition) is 4. The molecule has 2 rings (SSSR count). The van der Waals surface area contributed by atoms with Gasteiger partial charge in [-0.25, -0.2) is 18.1 Å². The predicted molar refractivity (Wildman–Crippen MR) is 56.5 cm³/mol. The van der Waals surface area contributed by atoms with Crippen molar-refractivity contribution in [2.24, 2.45) is 5.92 Å². The summed E-state index contributed by atoms with van der Waals surface area (Å²) in [6.07, 6.45) is 2.17. The van der Waals surface area contributed by atoms with Crippen LogP contribution in [0.4, 0.5) is 5.82 Å². The molecule has 1 aromatic heterocycles. The van der Waals surface area contributed by atoms with Gasteiger partial charge in [-0.2, -0.15) is 0 Å². The van der Waals surface area contributed by atoms with Crippen molar-refractivity contribution in [3.63, 3.8) is 0 Å². The van der Waals surface area contributed by atoms with Gasteiger partial charge in [0.05, 0.1) is 0 Å². The molecule has 0 spiro atoms. The van der Waals surface area contributed by atoms with E-state index in [4.69, 9.17) is 5.73 Å². The van der Waals surface area contributed by atoms with Gasteiger partial charge in [0.25, 0.3) is 0 Å². The van der Waals surface area contributed by atoms with Crippen molar-refractivity contribution in [2.45, 2.75) is 24.3 Å². The number of nitrogens with zero attached hydrogens (tertiary/aromatic N) is 1.